The topological polar surface area (TPSA) is 132 Å². The van der Waals surface area contributed by atoms with Gasteiger partial charge in [-0.1, -0.05) is 36.7 Å². The number of carbonyl (C=O) groups is 2. The smallest absolute Gasteiger partial charge is 0.256 e. The molecule has 1 aliphatic carbocycles. The van der Waals surface area contributed by atoms with Gasteiger partial charge in [0.1, 0.15) is 0 Å². The number of nitrogens with zero attached hydrogens (tertiary/aromatic N) is 2. The second kappa shape index (κ2) is 14.3. The largest absolute Gasteiger partial charge is 0.454 e. The number of hydrazone groups is 1. The minimum atomic E-state index is -0.350. The Bertz CT molecular complexity index is 1330. The Morgan fingerprint density at radius 2 is 1.92 bits per heavy atom. The Morgan fingerprint density at radius 1 is 1.15 bits per heavy atom. The van der Waals surface area contributed by atoms with E-state index >= 15 is 0 Å². The highest BCUT2D eigenvalue weighted by atomic mass is 35.5. The van der Waals surface area contributed by atoms with Gasteiger partial charge in [0, 0.05) is 28.9 Å². The third-order valence-corrected chi connectivity index (χ3v) is 6.64. The maximum absolute atomic E-state index is 13.0. The Labute approximate surface area is 233 Å². The minimum absolute atomic E-state index is 0.156. The summed E-state index contributed by atoms with van der Waals surface area (Å²) in [4.78, 5) is 24.3. The SMILES string of the molecule is C/C=C(Cl)\C(=C/CN)C(=O)Nc1ccc2c(c1)C(N(/N=C/C=O)c1ccc3c(c1)OCO3)=C(CC)CC2.CN. The van der Waals surface area contributed by atoms with Crippen LogP contribution in [0.1, 0.15) is 37.8 Å². The van der Waals surface area contributed by atoms with Crippen LogP contribution in [0.2, 0.25) is 0 Å². The molecule has 10 heteroatoms. The zero-order valence-electron chi connectivity index (χ0n) is 22.4. The first kappa shape index (κ1) is 29.6. The lowest BCUT2D eigenvalue weighted by molar-refractivity contribution is -0.112. The molecule has 39 heavy (non-hydrogen) atoms. The van der Waals surface area contributed by atoms with E-state index in [1.165, 1.54) is 18.8 Å². The van der Waals surface area contributed by atoms with E-state index in [0.717, 1.165) is 41.8 Å². The molecule has 0 unspecified atom stereocenters. The number of nitrogens with one attached hydrogen (secondary N) is 1. The van der Waals surface area contributed by atoms with Gasteiger partial charge in [-0.25, -0.2) is 5.01 Å². The minimum Gasteiger partial charge on any atom is -0.454 e. The monoisotopic (exact) mass is 551 g/mol. The molecule has 0 atom stereocenters. The molecule has 206 valence electrons. The fraction of sp³-hybridized carbons (Fsp3) is 0.276. The van der Waals surface area contributed by atoms with Gasteiger partial charge in [0.05, 0.1) is 23.2 Å². The quantitative estimate of drug-likeness (QED) is 0.135. The van der Waals surface area contributed by atoms with Crippen LogP contribution in [0.15, 0.2) is 69.8 Å². The van der Waals surface area contributed by atoms with Crippen molar-refractivity contribution < 1.29 is 19.1 Å². The van der Waals surface area contributed by atoms with Crippen LogP contribution < -0.4 is 31.3 Å². The zero-order chi connectivity index (χ0) is 28.4. The lowest BCUT2D eigenvalue weighted by Gasteiger charge is -2.30. The van der Waals surface area contributed by atoms with Crippen LogP contribution in [0, 0.1) is 0 Å². The first-order valence-corrected chi connectivity index (χ1v) is 13.0. The highest BCUT2D eigenvalue weighted by Crippen LogP contribution is 2.42. The number of carbonyl (C=O) groups excluding carboxylic acids is 2. The Kier molecular flexibility index (Phi) is 10.9. The average molecular weight is 552 g/mol. The third kappa shape index (κ3) is 6.75. The molecule has 1 aliphatic heterocycles. The van der Waals surface area contributed by atoms with Crippen molar-refractivity contribution in [2.24, 2.45) is 16.6 Å². The average Bonchev–Trinajstić information content (AvgIpc) is 3.45. The van der Waals surface area contributed by atoms with Crippen LogP contribution in [0.5, 0.6) is 11.5 Å². The molecular weight excluding hydrogens is 518 g/mol. The molecule has 0 radical (unpaired) electrons. The number of benzene rings is 2. The van der Waals surface area contributed by atoms with E-state index in [-0.39, 0.29) is 19.2 Å². The summed E-state index contributed by atoms with van der Waals surface area (Å²) in [7, 11) is 1.50. The number of hydrogen-bond donors (Lipinski definition) is 3. The van der Waals surface area contributed by atoms with Crippen molar-refractivity contribution >= 4 is 47.1 Å². The van der Waals surface area contributed by atoms with Gasteiger partial charge in [0.25, 0.3) is 5.91 Å². The van der Waals surface area contributed by atoms with Crippen LogP contribution in [0.4, 0.5) is 11.4 Å². The summed E-state index contributed by atoms with van der Waals surface area (Å²) < 4.78 is 11.0. The number of amides is 1. The number of nitrogens with two attached hydrogens (primary N) is 2. The number of allylic oxidation sites excluding steroid dienone is 2. The molecule has 1 amide bonds. The fourth-order valence-corrected chi connectivity index (χ4v) is 4.59. The molecule has 2 aromatic rings. The first-order chi connectivity index (χ1) is 19.0. The standard InChI is InChI=1S/C28H29ClN4O4.CH5N/c1-3-18-5-6-19-7-8-20(32-28(35)22(11-12-30)24(29)4-2)15-23(19)27(18)33(31-13-14-34)21-9-10-25-26(16-21)37-17-36-25;1-2/h4,7-11,13-16H,3,5-6,12,17,30H2,1-2H3,(H,32,35);2H2,1H3/b22-11+,24-4+,31-13+;. The Balaban J connectivity index is 0.00000205. The van der Waals surface area contributed by atoms with Gasteiger partial charge in [-0.2, -0.15) is 5.10 Å². The molecule has 5 N–H and O–H groups in total. The maximum atomic E-state index is 13.0. The number of aryl methyl sites for hydroxylation is 1. The maximum Gasteiger partial charge on any atom is 0.256 e. The van der Waals surface area contributed by atoms with Crippen molar-refractivity contribution in [1.82, 2.24) is 0 Å². The van der Waals surface area contributed by atoms with Crippen LogP contribution in [-0.4, -0.2) is 38.8 Å². The molecule has 0 fully saturated rings. The number of anilines is 2. The van der Waals surface area contributed by atoms with E-state index in [1.807, 2.05) is 36.4 Å². The normalized spacial score (nSPS) is 14.5. The second-order valence-electron chi connectivity index (χ2n) is 8.37. The summed E-state index contributed by atoms with van der Waals surface area (Å²) in [5.74, 6) is 0.916. The Hall–Kier alpha value is -3.92. The number of aldehydes is 1. The summed E-state index contributed by atoms with van der Waals surface area (Å²) in [5.41, 5.74) is 15.9. The van der Waals surface area contributed by atoms with Crippen molar-refractivity contribution in [1.29, 1.82) is 0 Å². The predicted octanol–water partition coefficient (Wildman–Crippen LogP) is 4.72. The van der Waals surface area contributed by atoms with Gasteiger partial charge >= 0.3 is 0 Å². The molecular formula is C29H34ClN5O4. The van der Waals surface area contributed by atoms with Gasteiger partial charge in [-0.05, 0) is 68.6 Å². The number of ether oxygens (including phenoxy) is 2. The first-order valence-electron chi connectivity index (χ1n) is 12.6. The van der Waals surface area contributed by atoms with Gasteiger partial charge < -0.3 is 26.3 Å². The van der Waals surface area contributed by atoms with Gasteiger partial charge in [-0.15, -0.1) is 0 Å². The third-order valence-electron chi connectivity index (χ3n) is 6.21. The number of fused-ring (bicyclic) bond motifs is 2. The van der Waals surface area contributed by atoms with Crippen molar-refractivity contribution in [2.45, 2.75) is 33.1 Å². The highest BCUT2D eigenvalue weighted by Gasteiger charge is 2.26. The van der Waals surface area contributed by atoms with Crippen molar-refractivity contribution in [3.63, 3.8) is 0 Å². The van der Waals surface area contributed by atoms with E-state index < -0.39 is 0 Å². The molecule has 0 saturated carbocycles. The lowest BCUT2D eigenvalue weighted by Crippen LogP contribution is -2.22. The lowest BCUT2D eigenvalue weighted by atomic mass is 9.87. The summed E-state index contributed by atoms with van der Waals surface area (Å²) in [6.45, 7) is 4.19. The zero-order valence-corrected chi connectivity index (χ0v) is 23.1. The van der Waals surface area contributed by atoms with Crippen LogP contribution in [0.3, 0.4) is 0 Å². The molecule has 0 bridgehead atoms. The summed E-state index contributed by atoms with van der Waals surface area (Å²) in [5, 5.41) is 9.50. The predicted molar refractivity (Wildman–Crippen MR) is 157 cm³/mol. The molecule has 4 rings (SSSR count). The van der Waals surface area contributed by atoms with E-state index in [9.17, 15) is 9.59 Å². The van der Waals surface area contributed by atoms with E-state index in [0.29, 0.717) is 34.1 Å². The molecule has 2 aromatic carbocycles. The van der Waals surface area contributed by atoms with Gasteiger partial charge in [0.2, 0.25) is 6.79 Å². The van der Waals surface area contributed by atoms with Crippen molar-refractivity contribution in [3.05, 3.63) is 75.9 Å². The van der Waals surface area contributed by atoms with Gasteiger partial charge in [-0.3, -0.25) is 9.59 Å². The molecule has 0 saturated heterocycles. The van der Waals surface area contributed by atoms with Crippen LogP contribution >= 0.6 is 11.6 Å². The van der Waals surface area contributed by atoms with Crippen LogP contribution in [-0.2, 0) is 16.0 Å². The molecule has 2 aliphatic rings. The molecule has 9 nitrogen and oxygen atoms in total. The highest BCUT2D eigenvalue weighted by molar-refractivity contribution is 6.36. The van der Waals surface area contributed by atoms with Crippen molar-refractivity contribution in [2.75, 3.05) is 30.7 Å². The van der Waals surface area contributed by atoms with Crippen molar-refractivity contribution in [3.8, 4) is 11.5 Å². The fourth-order valence-electron chi connectivity index (χ4n) is 4.43. The number of halogens is 1. The summed E-state index contributed by atoms with van der Waals surface area (Å²) in [6, 6.07) is 11.3. The summed E-state index contributed by atoms with van der Waals surface area (Å²) >= 11 is 6.24. The van der Waals surface area contributed by atoms with Crippen LogP contribution in [0.25, 0.3) is 5.70 Å². The van der Waals surface area contributed by atoms with E-state index in [4.69, 9.17) is 26.8 Å². The Morgan fingerprint density at radius 3 is 2.62 bits per heavy atom. The molecule has 0 aromatic heterocycles. The molecule has 1 heterocycles. The van der Waals surface area contributed by atoms with E-state index in [2.05, 4.69) is 23.1 Å². The number of rotatable bonds is 9. The second-order valence-corrected chi connectivity index (χ2v) is 8.78. The van der Waals surface area contributed by atoms with Gasteiger partial charge in [0.15, 0.2) is 17.8 Å². The van der Waals surface area contributed by atoms with E-state index in [1.54, 1.807) is 24.1 Å². The summed E-state index contributed by atoms with van der Waals surface area (Å²) in [6.07, 6.45) is 7.60. The number of hydrogen-bond acceptors (Lipinski definition) is 8. The molecule has 0 spiro atoms.